The molecule has 6 nitrogen and oxygen atoms in total. The van der Waals surface area contributed by atoms with E-state index in [4.69, 9.17) is 4.74 Å². The van der Waals surface area contributed by atoms with E-state index in [-0.39, 0.29) is 11.3 Å². The molecule has 2 aromatic rings. The molecule has 0 spiro atoms. The molecule has 0 bridgehead atoms. The Labute approximate surface area is 209 Å². The van der Waals surface area contributed by atoms with Gasteiger partial charge in [-0.1, -0.05) is 52.0 Å². The zero-order valence-electron chi connectivity index (χ0n) is 21.8. The second kappa shape index (κ2) is 11.5. The first-order valence-electron chi connectivity index (χ1n) is 12.6. The van der Waals surface area contributed by atoms with E-state index in [9.17, 15) is 14.7 Å². The van der Waals surface area contributed by atoms with E-state index in [2.05, 4.69) is 32.6 Å². The zero-order valence-corrected chi connectivity index (χ0v) is 21.8. The molecule has 6 heteroatoms. The highest BCUT2D eigenvalue weighted by Gasteiger charge is 2.46. The molecule has 1 heterocycles. The zero-order chi connectivity index (χ0) is 25.7. The first-order chi connectivity index (χ1) is 16.7. The minimum Gasteiger partial charge on any atom is -0.507 e. The first kappa shape index (κ1) is 26.5. The maximum Gasteiger partial charge on any atom is 0.295 e. The predicted molar refractivity (Wildman–Crippen MR) is 140 cm³/mol. The molecule has 2 aromatic carbocycles. The third kappa shape index (κ3) is 5.59. The number of likely N-dealkylation sites (tertiary alicyclic amines) is 1. The summed E-state index contributed by atoms with van der Waals surface area (Å²) in [4.78, 5) is 30.3. The monoisotopic (exact) mass is 478 g/mol. The first-order valence-corrected chi connectivity index (χ1v) is 12.6. The molecule has 1 aliphatic rings. The smallest absolute Gasteiger partial charge is 0.295 e. The number of benzene rings is 2. The molecule has 0 aromatic heterocycles. The Morgan fingerprint density at radius 1 is 1.06 bits per heavy atom. The molecular weight excluding hydrogens is 440 g/mol. The van der Waals surface area contributed by atoms with Crippen LogP contribution >= 0.6 is 0 Å². The molecule has 1 atom stereocenters. The molecule has 0 radical (unpaired) electrons. The Balaban J connectivity index is 2.10. The molecule has 1 saturated heterocycles. The second-order valence-electron chi connectivity index (χ2n) is 9.25. The van der Waals surface area contributed by atoms with E-state index >= 15 is 0 Å². The fraction of sp³-hybridized carbons (Fsp3) is 0.448. The van der Waals surface area contributed by atoms with Gasteiger partial charge < -0.3 is 19.6 Å². The van der Waals surface area contributed by atoms with Crippen LogP contribution in [0.2, 0.25) is 0 Å². The van der Waals surface area contributed by atoms with Crippen LogP contribution in [-0.4, -0.2) is 59.4 Å². The number of hydrogen-bond donors (Lipinski definition) is 1. The molecule has 1 aliphatic heterocycles. The quantitative estimate of drug-likeness (QED) is 0.286. The number of aliphatic hydroxyl groups is 1. The Morgan fingerprint density at radius 3 is 2.26 bits per heavy atom. The van der Waals surface area contributed by atoms with Crippen LogP contribution in [0.4, 0.5) is 0 Å². The van der Waals surface area contributed by atoms with Crippen molar-refractivity contribution in [2.24, 2.45) is 0 Å². The van der Waals surface area contributed by atoms with Gasteiger partial charge in [0.1, 0.15) is 11.5 Å². The van der Waals surface area contributed by atoms with Gasteiger partial charge in [-0.05, 0) is 67.7 Å². The van der Waals surface area contributed by atoms with Crippen molar-refractivity contribution in [2.75, 3.05) is 32.8 Å². The van der Waals surface area contributed by atoms with Crippen LogP contribution in [0.1, 0.15) is 68.8 Å². The van der Waals surface area contributed by atoms with Crippen molar-refractivity contribution in [1.29, 1.82) is 0 Å². The van der Waals surface area contributed by atoms with Crippen LogP contribution in [-0.2, 0) is 9.59 Å². The summed E-state index contributed by atoms with van der Waals surface area (Å²) >= 11 is 0. The standard InChI is InChI=1S/C29H38N2O4/c1-7-30(8-2)16-17-31-26(22-12-10-21(11-13-22)19(4)5)25(28(33)29(31)34)27(32)23-14-15-24(35-9-3)20(6)18-23/h10-15,18-19,26,32H,7-9,16-17H2,1-6H3/t26-/m1/s1. The van der Waals surface area contributed by atoms with Crippen molar-refractivity contribution in [2.45, 2.75) is 53.5 Å². The Hall–Kier alpha value is -3.12. The summed E-state index contributed by atoms with van der Waals surface area (Å²) in [6.45, 7) is 15.5. The van der Waals surface area contributed by atoms with Crippen LogP contribution in [0.25, 0.3) is 5.76 Å². The SMILES string of the molecule is CCOc1ccc(C(O)=C2C(=O)C(=O)N(CCN(CC)CC)[C@@H]2c2ccc(C(C)C)cc2)cc1C. The van der Waals surface area contributed by atoms with Crippen molar-refractivity contribution >= 4 is 17.4 Å². The molecule has 0 unspecified atom stereocenters. The van der Waals surface area contributed by atoms with E-state index in [1.54, 1.807) is 23.1 Å². The summed E-state index contributed by atoms with van der Waals surface area (Å²) in [6.07, 6.45) is 0. The van der Waals surface area contributed by atoms with Gasteiger partial charge in [0.2, 0.25) is 0 Å². The number of likely N-dealkylation sites (N-methyl/N-ethyl adjacent to an activating group) is 1. The molecule has 1 N–H and O–H groups in total. The third-order valence-corrected chi connectivity index (χ3v) is 6.76. The van der Waals surface area contributed by atoms with Gasteiger partial charge in [0.05, 0.1) is 18.2 Å². The van der Waals surface area contributed by atoms with E-state index in [0.29, 0.717) is 31.2 Å². The average molecular weight is 479 g/mol. The van der Waals surface area contributed by atoms with Crippen molar-refractivity contribution < 1.29 is 19.4 Å². The van der Waals surface area contributed by atoms with Crippen LogP contribution in [0, 0.1) is 6.92 Å². The molecule has 3 rings (SSSR count). The number of nitrogens with zero attached hydrogens (tertiary/aromatic N) is 2. The largest absolute Gasteiger partial charge is 0.507 e. The van der Waals surface area contributed by atoms with Gasteiger partial charge in [-0.2, -0.15) is 0 Å². The molecule has 0 saturated carbocycles. The fourth-order valence-corrected chi connectivity index (χ4v) is 4.58. The van der Waals surface area contributed by atoms with Crippen molar-refractivity contribution in [3.8, 4) is 5.75 Å². The van der Waals surface area contributed by atoms with Gasteiger partial charge in [-0.15, -0.1) is 0 Å². The number of ether oxygens (including phenoxy) is 1. The number of carbonyl (C=O) groups excluding carboxylic acids is 2. The normalized spacial score (nSPS) is 17.6. The molecule has 35 heavy (non-hydrogen) atoms. The Bertz CT molecular complexity index is 1080. The van der Waals surface area contributed by atoms with Crippen molar-refractivity contribution in [3.05, 3.63) is 70.3 Å². The number of ketones is 1. The Morgan fingerprint density at radius 2 is 1.71 bits per heavy atom. The molecule has 0 aliphatic carbocycles. The molecule has 1 fully saturated rings. The lowest BCUT2D eigenvalue weighted by Gasteiger charge is -2.28. The highest BCUT2D eigenvalue weighted by molar-refractivity contribution is 6.46. The van der Waals surface area contributed by atoms with Crippen LogP contribution in [0.3, 0.4) is 0 Å². The summed E-state index contributed by atoms with van der Waals surface area (Å²) in [6, 6.07) is 12.7. The van der Waals surface area contributed by atoms with Crippen LogP contribution in [0.5, 0.6) is 5.75 Å². The van der Waals surface area contributed by atoms with Crippen molar-refractivity contribution in [3.63, 3.8) is 0 Å². The maximum atomic E-state index is 13.3. The maximum absolute atomic E-state index is 13.3. The lowest BCUT2D eigenvalue weighted by Crippen LogP contribution is -2.38. The van der Waals surface area contributed by atoms with Gasteiger partial charge in [0.15, 0.2) is 0 Å². The minimum atomic E-state index is -0.647. The van der Waals surface area contributed by atoms with Gasteiger partial charge in [0, 0.05) is 18.7 Å². The average Bonchev–Trinajstić information content (AvgIpc) is 3.10. The summed E-state index contributed by atoms with van der Waals surface area (Å²) in [7, 11) is 0. The molecular formula is C29H38N2O4. The highest BCUT2D eigenvalue weighted by atomic mass is 16.5. The van der Waals surface area contributed by atoms with Crippen molar-refractivity contribution in [1.82, 2.24) is 9.80 Å². The number of Topliss-reactive ketones (excluding diaryl/α,β-unsaturated/α-hetero) is 1. The van der Waals surface area contributed by atoms with E-state index < -0.39 is 17.7 Å². The third-order valence-electron chi connectivity index (χ3n) is 6.76. The number of rotatable bonds is 10. The number of aryl methyl sites for hydroxylation is 1. The summed E-state index contributed by atoms with van der Waals surface area (Å²) in [5.74, 6) is -0.280. The molecule has 1 amide bonds. The second-order valence-corrected chi connectivity index (χ2v) is 9.25. The van der Waals surface area contributed by atoms with E-state index in [0.717, 1.165) is 30.0 Å². The lowest BCUT2D eigenvalue weighted by molar-refractivity contribution is -0.140. The molecule has 188 valence electrons. The Kier molecular flexibility index (Phi) is 8.73. The van der Waals surface area contributed by atoms with Crippen LogP contribution in [0.15, 0.2) is 48.0 Å². The van der Waals surface area contributed by atoms with Gasteiger partial charge in [0.25, 0.3) is 11.7 Å². The van der Waals surface area contributed by atoms with E-state index in [1.165, 1.54) is 5.56 Å². The fourth-order valence-electron chi connectivity index (χ4n) is 4.58. The number of amides is 1. The number of hydrogen-bond acceptors (Lipinski definition) is 5. The van der Waals surface area contributed by atoms with E-state index in [1.807, 2.05) is 38.1 Å². The summed E-state index contributed by atoms with van der Waals surface area (Å²) < 4.78 is 5.62. The topological polar surface area (TPSA) is 70.1 Å². The lowest BCUT2D eigenvalue weighted by atomic mass is 9.93. The minimum absolute atomic E-state index is 0.135. The summed E-state index contributed by atoms with van der Waals surface area (Å²) in [5, 5.41) is 11.3. The summed E-state index contributed by atoms with van der Waals surface area (Å²) in [5.41, 5.74) is 3.48. The van der Waals surface area contributed by atoms with Gasteiger partial charge in [-0.25, -0.2) is 0 Å². The van der Waals surface area contributed by atoms with Gasteiger partial charge in [-0.3, -0.25) is 9.59 Å². The van der Waals surface area contributed by atoms with Gasteiger partial charge >= 0.3 is 0 Å². The van der Waals surface area contributed by atoms with Crippen LogP contribution < -0.4 is 4.74 Å². The number of carbonyl (C=O) groups is 2. The highest BCUT2D eigenvalue weighted by Crippen LogP contribution is 2.40. The predicted octanol–water partition coefficient (Wildman–Crippen LogP) is 5.28. The number of aliphatic hydroxyl groups excluding tert-OH is 1.